The van der Waals surface area contributed by atoms with Gasteiger partial charge in [0.2, 0.25) is 0 Å². The number of hydrogen-bond acceptors (Lipinski definition) is 3. The molecule has 1 saturated heterocycles. The Balaban J connectivity index is 1.83. The molecule has 0 saturated carbocycles. The standard InChI is InChI=1S/C23H23F2N3O4/c1-12-4-3-5-15-16(10-14-11-28(23(30)31)6-7-32-14)21(27-20(12)15)19-17(24)8-13(9-18(19)25)22(29)26-2/h3-5,8-9,14,27H,6-7,10-11H2,1-2H3,(H,26,29)(H,30,31)/t14-/m0/s1. The molecule has 7 nitrogen and oxygen atoms in total. The highest BCUT2D eigenvalue weighted by Gasteiger charge is 2.28. The molecular formula is C23H23F2N3O4. The predicted octanol–water partition coefficient (Wildman–Crippen LogP) is 3.70. The molecule has 3 aromatic rings. The Morgan fingerprint density at radius 2 is 2.00 bits per heavy atom. The van der Waals surface area contributed by atoms with Gasteiger partial charge < -0.3 is 25.0 Å². The molecule has 0 unspecified atom stereocenters. The fraction of sp³-hybridized carbons (Fsp3) is 0.304. The Hall–Kier alpha value is -3.46. The number of ether oxygens (including phenoxy) is 1. The first kappa shape index (κ1) is 21.8. The van der Waals surface area contributed by atoms with Gasteiger partial charge in [-0.3, -0.25) is 4.79 Å². The number of aromatic nitrogens is 1. The lowest BCUT2D eigenvalue weighted by atomic mass is 9.97. The van der Waals surface area contributed by atoms with Crippen LogP contribution in [0.4, 0.5) is 13.6 Å². The van der Waals surface area contributed by atoms with E-state index in [4.69, 9.17) is 4.74 Å². The number of hydrogen-bond donors (Lipinski definition) is 3. The molecule has 168 valence electrons. The fourth-order valence-electron chi connectivity index (χ4n) is 4.18. The quantitative estimate of drug-likeness (QED) is 0.573. The van der Waals surface area contributed by atoms with Crippen LogP contribution in [-0.2, 0) is 11.2 Å². The normalized spacial score (nSPS) is 16.4. The summed E-state index contributed by atoms with van der Waals surface area (Å²) < 4.78 is 36.0. The SMILES string of the molecule is CNC(=O)c1cc(F)c(-c2[nH]c3c(C)cccc3c2C[C@H]2CN(C(=O)O)CCO2)c(F)c1. The Labute approximate surface area is 183 Å². The van der Waals surface area contributed by atoms with Crippen molar-refractivity contribution in [3.8, 4) is 11.3 Å². The lowest BCUT2D eigenvalue weighted by Crippen LogP contribution is -2.45. The topological polar surface area (TPSA) is 94.7 Å². The van der Waals surface area contributed by atoms with Gasteiger partial charge in [-0.05, 0) is 30.2 Å². The van der Waals surface area contributed by atoms with Crippen molar-refractivity contribution in [1.82, 2.24) is 15.2 Å². The van der Waals surface area contributed by atoms with Crippen molar-refractivity contribution in [3.05, 3.63) is 58.7 Å². The average molecular weight is 443 g/mol. The Kier molecular flexibility index (Phi) is 5.84. The van der Waals surface area contributed by atoms with E-state index in [-0.39, 0.29) is 42.9 Å². The zero-order valence-corrected chi connectivity index (χ0v) is 17.7. The van der Waals surface area contributed by atoms with Crippen molar-refractivity contribution in [2.75, 3.05) is 26.7 Å². The van der Waals surface area contributed by atoms with Crippen molar-refractivity contribution in [1.29, 1.82) is 0 Å². The predicted molar refractivity (Wildman–Crippen MR) is 115 cm³/mol. The number of H-pyrrole nitrogens is 1. The minimum Gasteiger partial charge on any atom is -0.465 e. The summed E-state index contributed by atoms with van der Waals surface area (Å²) in [6.07, 6.45) is -1.23. The van der Waals surface area contributed by atoms with Gasteiger partial charge in [0, 0.05) is 36.5 Å². The van der Waals surface area contributed by atoms with Gasteiger partial charge in [-0.1, -0.05) is 18.2 Å². The molecule has 9 heteroatoms. The number of para-hydroxylation sites is 1. The van der Waals surface area contributed by atoms with E-state index < -0.39 is 29.7 Å². The smallest absolute Gasteiger partial charge is 0.407 e. The zero-order valence-electron chi connectivity index (χ0n) is 17.7. The van der Waals surface area contributed by atoms with Gasteiger partial charge in [0.05, 0.1) is 30.5 Å². The number of benzene rings is 2. The van der Waals surface area contributed by atoms with Crippen LogP contribution in [0.2, 0.25) is 0 Å². The van der Waals surface area contributed by atoms with E-state index in [0.717, 1.165) is 28.6 Å². The highest BCUT2D eigenvalue weighted by Crippen LogP contribution is 2.36. The van der Waals surface area contributed by atoms with Crippen molar-refractivity contribution in [2.45, 2.75) is 19.4 Å². The summed E-state index contributed by atoms with van der Waals surface area (Å²) >= 11 is 0. The second-order valence-corrected chi connectivity index (χ2v) is 7.80. The number of carboxylic acid groups (broad SMARTS) is 1. The summed E-state index contributed by atoms with van der Waals surface area (Å²) in [6.45, 7) is 2.57. The molecule has 1 aliphatic heterocycles. The molecule has 0 aliphatic carbocycles. The molecule has 0 spiro atoms. The molecule has 2 heterocycles. The molecule has 32 heavy (non-hydrogen) atoms. The van der Waals surface area contributed by atoms with E-state index in [1.54, 1.807) is 0 Å². The van der Waals surface area contributed by atoms with Gasteiger partial charge in [0.25, 0.3) is 5.91 Å². The monoisotopic (exact) mass is 443 g/mol. The molecule has 1 aliphatic rings. The van der Waals surface area contributed by atoms with Crippen LogP contribution in [0.5, 0.6) is 0 Å². The number of rotatable bonds is 4. The van der Waals surface area contributed by atoms with E-state index in [1.807, 2.05) is 25.1 Å². The molecule has 2 amide bonds. The third-order valence-electron chi connectivity index (χ3n) is 5.77. The number of morpholine rings is 1. The minimum absolute atomic E-state index is 0.118. The molecule has 1 fully saturated rings. The molecule has 1 atom stereocenters. The number of nitrogens with zero attached hydrogens (tertiary/aromatic N) is 1. The van der Waals surface area contributed by atoms with Crippen LogP contribution in [0.1, 0.15) is 21.5 Å². The number of carbonyl (C=O) groups is 2. The fourth-order valence-corrected chi connectivity index (χ4v) is 4.18. The Morgan fingerprint density at radius 3 is 2.66 bits per heavy atom. The first-order valence-electron chi connectivity index (χ1n) is 10.2. The number of halogens is 2. The molecule has 1 aromatic heterocycles. The van der Waals surface area contributed by atoms with Gasteiger partial charge in [-0.2, -0.15) is 0 Å². The van der Waals surface area contributed by atoms with Gasteiger partial charge in [0.1, 0.15) is 11.6 Å². The second kappa shape index (κ2) is 8.58. The number of carbonyl (C=O) groups excluding carboxylic acids is 1. The van der Waals surface area contributed by atoms with Crippen molar-refractivity contribution < 1.29 is 28.2 Å². The lowest BCUT2D eigenvalue weighted by Gasteiger charge is -2.31. The highest BCUT2D eigenvalue weighted by atomic mass is 19.1. The van der Waals surface area contributed by atoms with Crippen molar-refractivity contribution in [2.24, 2.45) is 0 Å². The van der Waals surface area contributed by atoms with Crippen molar-refractivity contribution in [3.63, 3.8) is 0 Å². The second-order valence-electron chi connectivity index (χ2n) is 7.80. The van der Waals surface area contributed by atoms with Crippen molar-refractivity contribution >= 4 is 22.9 Å². The summed E-state index contributed by atoms with van der Waals surface area (Å²) in [7, 11) is 1.38. The summed E-state index contributed by atoms with van der Waals surface area (Å²) in [5.74, 6) is -2.33. The maximum Gasteiger partial charge on any atom is 0.407 e. The highest BCUT2D eigenvalue weighted by molar-refractivity contribution is 5.96. The number of aryl methyl sites for hydroxylation is 1. The van der Waals surface area contributed by atoms with Crippen LogP contribution in [-0.4, -0.2) is 59.8 Å². The van der Waals surface area contributed by atoms with Crippen LogP contribution in [0.25, 0.3) is 22.2 Å². The maximum absolute atomic E-state index is 15.1. The average Bonchev–Trinajstić information content (AvgIpc) is 3.12. The molecule has 3 N–H and O–H groups in total. The molecule has 4 rings (SSSR count). The maximum atomic E-state index is 15.1. The summed E-state index contributed by atoms with van der Waals surface area (Å²) in [4.78, 5) is 27.6. The first-order chi connectivity index (χ1) is 15.3. The van der Waals surface area contributed by atoms with E-state index in [1.165, 1.54) is 11.9 Å². The molecule has 0 bridgehead atoms. The van der Waals surface area contributed by atoms with Crippen LogP contribution in [0, 0.1) is 18.6 Å². The molecule has 2 aromatic carbocycles. The van der Waals surface area contributed by atoms with Gasteiger partial charge in [-0.25, -0.2) is 13.6 Å². The van der Waals surface area contributed by atoms with E-state index in [2.05, 4.69) is 10.3 Å². The van der Waals surface area contributed by atoms with Crippen LogP contribution >= 0.6 is 0 Å². The third kappa shape index (κ3) is 3.91. The molecule has 0 radical (unpaired) electrons. The number of aromatic amines is 1. The van der Waals surface area contributed by atoms with E-state index >= 15 is 8.78 Å². The number of fused-ring (bicyclic) bond motifs is 1. The summed E-state index contributed by atoms with van der Waals surface area (Å²) in [6, 6.07) is 7.60. The van der Waals surface area contributed by atoms with Gasteiger partial charge in [0.15, 0.2) is 0 Å². The van der Waals surface area contributed by atoms with Gasteiger partial charge in [-0.15, -0.1) is 0 Å². The zero-order chi connectivity index (χ0) is 23.0. The van der Waals surface area contributed by atoms with Crippen LogP contribution in [0.3, 0.4) is 0 Å². The molecular weight excluding hydrogens is 420 g/mol. The summed E-state index contributed by atoms with van der Waals surface area (Å²) in [5, 5.41) is 12.5. The third-order valence-corrected chi connectivity index (χ3v) is 5.77. The number of nitrogens with one attached hydrogen (secondary N) is 2. The van der Waals surface area contributed by atoms with Gasteiger partial charge >= 0.3 is 6.09 Å². The largest absolute Gasteiger partial charge is 0.465 e. The van der Waals surface area contributed by atoms with Crippen LogP contribution in [0.15, 0.2) is 30.3 Å². The van der Waals surface area contributed by atoms with E-state index in [0.29, 0.717) is 5.56 Å². The first-order valence-corrected chi connectivity index (χ1v) is 10.2. The Morgan fingerprint density at radius 1 is 1.28 bits per heavy atom. The lowest BCUT2D eigenvalue weighted by molar-refractivity contribution is -0.0208. The minimum atomic E-state index is -1.03. The number of amides is 2. The van der Waals surface area contributed by atoms with E-state index in [9.17, 15) is 14.7 Å². The summed E-state index contributed by atoms with van der Waals surface area (Å²) in [5.41, 5.74) is 2.13. The van der Waals surface area contributed by atoms with Crippen LogP contribution < -0.4 is 5.32 Å². The Bertz CT molecular complexity index is 1180.